The van der Waals surface area contributed by atoms with Crippen LogP contribution in [0.25, 0.3) is 0 Å². The SMILES string of the molecule is CCNCC(=O)Cc1ccc(Cl)cc1Cl. The lowest BCUT2D eigenvalue weighted by atomic mass is 10.1. The molecule has 15 heavy (non-hydrogen) atoms. The van der Waals surface area contributed by atoms with Gasteiger partial charge in [0.05, 0.1) is 6.54 Å². The second kappa shape index (κ2) is 6.11. The van der Waals surface area contributed by atoms with Crippen molar-refractivity contribution in [3.8, 4) is 0 Å². The summed E-state index contributed by atoms with van der Waals surface area (Å²) in [6, 6.07) is 5.18. The van der Waals surface area contributed by atoms with Crippen molar-refractivity contribution in [2.45, 2.75) is 13.3 Å². The van der Waals surface area contributed by atoms with Gasteiger partial charge in [0, 0.05) is 16.5 Å². The second-order valence-corrected chi connectivity index (χ2v) is 4.08. The average Bonchev–Trinajstić information content (AvgIpc) is 2.19. The van der Waals surface area contributed by atoms with E-state index in [4.69, 9.17) is 23.2 Å². The summed E-state index contributed by atoms with van der Waals surface area (Å²) in [5.74, 6) is 0.126. The summed E-state index contributed by atoms with van der Waals surface area (Å²) < 4.78 is 0. The number of likely N-dealkylation sites (N-methyl/N-ethyl adjacent to an activating group) is 1. The molecule has 0 spiro atoms. The van der Waals surface area contributed by atoms with E-state index in [2.05, 4.69) is 5.32 Å². The number of hydrogen-bond donors (Lipinski definition) is 1. The van der Waals surface area contributed by atoms with Gasteiger partial charge in [-0.1, -0.05) is 36.2 Å². The second-order valence-electron chi connectivity index (χ2n) is 3.23. The summed E-state index contributed by atoms with van der Waals surface area (Å²) in [6.45, 7) is 3.14. The van der Waals surface area contributed by atoms with E-state index in [1.54, 1.807) is 18.2 Å². The van der Waals surface area contributed by atoms with Crippen LogP contribution in [0, 0.1) is 0 Å². The van der Waals surface area contributed by atoms with Crippen LogP contribution < -0.4 is 5.32 Å². The van der Waals surface area contributed by atoms with Crippen molar-refractivity contribution in [1.82, 2.24) is 5.32 Å². The molecular formula is C11H13Cl2NO. The summed E-state index contributed by atoms with van der Waals surface area (Å²) in [6.07, 6.45) is 0.350. The zero-order valence-electron chi connectivity index (χ0n) is 8.52. The van der Waals surface area contributed by atoms with Crippen molar-refractivity contribution in [2.75, 3.05) is 13.1 Å². The third kappa shape index (κ3) is 4.20. The Labute approximate surface area is 99.6 Å². The van der Waals surface area contributed by atoms with Gasteiger partial charge in [-0.15, -0.1) is 0 Å². The Hall–Kier alpha value is -0.570. The number of hydrogen-bond acceptors (Lipinski definition) is 2. The van der Waals surface area contributed by atoms with Crippen LogP contribution in [0.4, 0.5) is 0 Å². The lowest BCUT2D eigenvalue weighted by Gasteiger charge is -2.04. The minimum absolute atomic E-state index is 0.126. The highest BCUT2D eigenvalue weighted by Gasteiger charge is 2.06. The van der Waals surface area contributed by atoms with Gasteiger partial charge in [0.25, 0.3) is 0 Å². The largest absolute Gasteiger partial charge is 0.310 e. The van der Waals surface area contributed by atoms with Crippen LogP contribution >= 0.6 is 23.2 Å². The van der Waals surface area contributed by atoms with E-state index in [1.807, 2.05) is 6.92 Å². The van der Waals surface area contributed by atoms with Gasteiger partial charge in [0.15, 0.2) is 5.78 Å². The molecule has 0 aliphatic heterocycles. The van der Waals surface area contributed by atoms with Crippen LogP contribution in [0.3, 0.4) is 0 Å². The third-order valence-electron chi connectivity index (χ3n) is 1.97. The molecule has 0 fully saturated rings. The Bertz CT molecular complexity index is 352. The molecule has 0 saturated heterocycles. The minimum Gasteiger partial charge on any atom is -0.310 e. The molecule has 1 N–H and O–H groups in total. The van der Waals surface area contributed by atoms with E-state index in [9.17, 15) is 4.79 Å². The van der Waals surface area contributed by atoms with Gasteiger partial charge < -0.3 is 5.32 Å². The fourth-order valence-electron chi connectivity index (χ4n) is 1.20. The van der Waals surface area contributed by atoms with Gasteiger partial charge in [-0.3, -0.25) is 4.79 Å². The van der Waals surface area contributed by atoms with Crippen molar-refractivity contribution < 1.29 is 4.79 Å². The Morgan fingerprint density at radius 3 is 2.73 bits per heavy atom. The Morgan fingerprint density at radius 1 is 1.40 bits per heavy atom. The highest BCUT2D eigenvalue weighted by molar-refractivity contribution is 6.35. The monoisotopic (exact) mass is 245 g/mol. The molecule has 0 heterocycles. The van der Waals surface area contributed by atoms with Gasteiger partial charge in [0.1, 0.15) is 0 Å². The normalized spacial score (nSPS) is 10.3. The van der Waals surface area contributed by atoms with Gasteiger partial charge in [-0.2, -0.15) is 0 Å². The first-order valence-electron chi connectivity index (χ1n) is 4.79. The lowest BCUT2D eigenvalue weighted by Crippen LogP contribution is -2.23. The highest BCUT2D eigenvalue weighted by Crippen LogP contribution is 2.21. The van der Waals surface area contributed by atoms with Crippen molar-refractivity contribution in [1.29, 1.82) is 0 Å². The summed E-state index contributed by atoms with van der Waals surface area (Å²) in [5, 5.41) is 4.11. The zero-order valence-corrected chi connectivity index (χ0v) is 10.0. The average molecular weight is 246 g/mol. The topological polar surface area (TPSA) is 29.1 Å². The van der Waals surface area contributed by atoms with E-state index < -0.39 is 0 Å². The molecule has 0 aromatic heterocycles. The molecule has 1 aromatic rings. The first-order chi connectivity index (χ1) is 7.13. The van der Waals surface area contributed by atoms with E-state index in [1.165, 1.54) is 0 Å². The van der Waals surface area contributed by atoms with E-state index in [0.29, 0.717) is 23.0 Å². The first-order valence-corrected chi connectivity index (χ1v) is 5.55. The highest BCUT2D eigenvalue weighted by atomic mass is 35.5. The molecule has 0 bridgehead atoms. The summed E-state index contributed by atoms with van der Waals surface area (Å²) in [4.78, 5) is 11.5. The van der Waals surface area contributed by atoms with Crippen LogP contribution in [-0.2, 0) is 11.2 Å². The fraction of sp³-hybridized carbons (Fsp3) is 0.364. The zero-order chi connectivity index (χ0) is 11.3. The van der Waals surface area contributed by atoms with E-state index >= 15 is 0 Å². The molecule has 0 aliphatic carbocycles. The first kappa shape index (κ1) is 12.5. The Balaban J connectivity index is 2.60. The van der Waals surface area contributed by atoms with Crippen LogP contribution in [-0.4, -0.2) is 18.9 Å². The predicted molar refractivity (Wildman–Crippen MR) is 63.7 cm³/mol. The molecule has 0 radical (unpaired) electrons. The number of carbonyl (C=O) groups is 1. The Morgan fingerprint density at radius 2 is 2.13 bits per heavy atom. The maximum Gasteiger partial charge on any atom is 0.151 e. The van der Waals surface area contributed by atoms with Crippen LogP contribution in [0.15, 0.2) is 18.2 Å². The van der Waals surface area contributed by atoms with E-state index in [-0.39, 0.29) is 5.78 Å². The Kier molecular flexibility index (Phi) is 5.09. The molecule has 82 valence electrons. The summed E-state index contributed by atoms with van der Waals surface area (Å²) in [7, 11) is 0. The number of nitrogens with one attached hydrogen (secondary N) is 1. The van der Waals surface area contributed by atoms with Crippen molar-refractivity contribution in [3.05, 3.63) is 33.8 Å². The lowest BCUT2D eigenvalue weighted by molar-refractivity contribution is -0.117. The molecule has 0 amide bonds. The minimum atomic E-state index is 0.126. The number of halogens is 2. The predicted octanol–water partition coefficient (Wildman–Crippen LogP) is 2.71. The van der Waals surface area contributed by atoms with Crippen LogP contribution in [0.1, 0.15) is 12.5 Å². The molecule has 2 nitrogen and oxygen atoms in total. The number of carbonyl (C=O) groups excluding carboxylic acids is 1. The van der Waals surface area contributed by atoms with Gasteiger partial charge in [0.2, 0.25) is 0 Å². The van der Waals surface area contributed by atoms with Gasteiger partial charge in [-0.05, 0) is 24.2 Å². The van der Waals surface area contributed by atoms with Crippen molar-refractivity contribution in [2.24, 2.45) is 0 Å². The molecule has 1 aromatic carbocycles. The number of benzene rings is 1. The summed E-state index contributed by atoms with van der Waals surface area (Å²) in [5.41, 5.74) is 0.823. The molecule has 0 unspecified atom stereocenters. The van der Waals surface area contributed by atoms with Crippen LogP contribution in [0.2, 0.25) is 10.0 Å². The van der Waals surface area contributed by atoms with Crippen LogP contribution in [0.5, 0.6) is 0 Å². The van der Waals surface area contributed by atoms with Gasteiger partial charge in [-0.25, -0.2) is 0 Å². The quantitative estimate of drug-likeness (QED) is 0.865. The molecular weight excluding hydrogens is 233 g/mol. The standard InChI is InChI=1S/C11H13Cl2NO/c1-2-14-7-10(15)5-8-3-4-9(12)6-11(8)13/h3-4,6,14H,2,5,7H2,1H3. The third-order valence-corrected chi connectivity index (χ3v) is 2.56. The number of rotatable bonds is 5. The molecule has 1 rings (SSSR count). The number of ketones is 1. The van der Waals surface area contributed by atoms with Crippen molar-refractivity contribution in [3.63, 3.8) is 0 Å². The smallest absolute Gasteiger partial charge is 0.151 e. The van der Waals surface area contributed by atoms with E-state index in [0.717, 1.165) is 12.1 Å². The number of Topliss-reactive ketones (excluding diaryl/α,β-unsaturated/α-hetero) is 1. The molecule has 0 atom stereocenters. The molecule has 4 heteroatoms. The molecule has 0 saturated carbocycles. The maximum atomic E-state index is 11.5. The van der Waals surface area contributed by atoms with Crippen molar-refractivity contribution >= 4 is 29.0 Å². The fourth-order valence-corrected chi connectivity index (χ4v) is 1.68. The van der Waals surface area contributed by atoms with Gasteiger partial charge >= 0.3 is 0 Å². The molecule has 0 aliphatic rings. The summed E-state index contributed by atoms with van der Waals surface area (Å²) >= 11 is 11.7. The maximum absolute atomic E-state index is 11.5.